The standard InChI is InChI=1S/C28H25F3N2O3S/c1-32-24-12-11-17(35-2)15-23(24)27(37-28(29,30)31)13-14-33(25(27)32)26(34)36-16-22-20-9-5-3-7-18(20)19-8-4-6-10-21(19)22/h3-12,15,22,25H,13-14,16H2,1-2H3/t25-,27+/m0/s1. The van der Waals surface area contributed by atoms with Gasteiger partial charge in [-0.15, -0.1) is 0 Å². The van der Waals surface area contributed by atoms with Crippen molar-refractivity contribution in [2.75, 3.05) is 32.2 Å². The number of carbonyl (C=O) groups excluding carboxylic acids is 1. The smallest absolute Gasteiger partial charge is 0.442 e. The lowest BCUT2D eigenvalue weighted by Gasteiger charge is -2.35. The van der Waals surface area contributed by atoms with Gasteiger partial charge in [-0.05, 0) is 64.2 Å². The Morgan fingerprint density at radius 3 is 2.32 bits per heavy atom. The number of anilines is 1. The Labute approximate surface area is 217 Å². The molecule has 0 saturated carbocycles. The number of alkyl halides is 3. The predicted octanol–water partition coefficient (Wildman–Crippen LogP) is 6.57. The minimum Gasteiger partial charge on any atom is -0.497 e. The minimum absolute atomic E-state index is 0.0527. The van der Waals surface area contributed by atoms with Crippen LogP contribution < -0.4 is 9.64 Å². The molecule has 2 heterocycles. The van der Waals surface area contributed by atoms with E-state index in [2.05, 4.69) is 12.1 Å². The average molecular weight is 527 g/mol. The number of likely N-dealkylation sites (N-methyl/N-ethyl adjacent to an activating group) is 1. The fourth-order valence-electron chi connectivity index (χ4n) is 6.24. The van der Waals surface area contributed by atoms with E-state index < -0.39 is 22.5 Å². The number of benzene rings is 3. The number of halogens is 3. The van der Waals surface area contributed by atoms with E-state index in [4.69, 9.17) is 9.47 Å². The normalized spacial score (nSPS) is 21.9. The second kappa shape index (κ2) is 8.62. The molecule has 6 rings (SSSR count). The fraction of sp³-hybridized carbons (Fsp3) is 0.321. The van der Waals surface area contributed by atoms with Gasteiger partial charge in [0.05, 0.1) is 11.9 Å². The van der Waals surface area contributed by atoms with Crippen LogP contribution in [-0.4, -0.2) is 50.0 Å². The average Bonchev–Trinajstić information content (AvgIpc) is 3.48. The highest BCUT2D eigenvalue weighted by Crippen LogP contribution is 2.62. The van der Waals surface area contributed by atoms with Crippen LogP contribution in [0.25, 0.3) is 11.1 Å². The molecule has 192 valence electrons. The molecule has 0 aromatic heterocycles. The van der Waals surface area contributed by atoms with E-state index in [-0.39, 0.29) is 37.3 Å². The molecule has 1 fully saturated rings. The van der Waals surface area contributed by atoms with Gasteiger partial charge in [0.2, 0.25) is 0 Å². The van der Waals surface area contributed by atoms with Crippen LogP contribution in [-0.2, 0) is 9.48 Å². The highest BCUT2D eigenvalue weighted by molar-refractivity contribution is 8.01. The van der Waals surface area contributed by atoms with Crippen LogP contribution in [0.1, 0.15) is 29.0 Å². The summed E-state index contributed by atoms with van der Waals surface area (Å²) in [6.07, 6.45) is -1.30. The lowest BCUT2D eigenvalue weighted by molar-refractivity contribution is -0.0347. The van der Waals surface area contributed by atoms with Crippen molar-refractivity contribution >= 4 is 23.5 Å². The van der Waals surface area contributed by atoms with Gasteiger partial charge in [0, 0.05) is 25.2 Å². The van der Waals surface area contributed by atoms with E-state index in [0.29, 0.717) is 17.0 Å². The van der Waals surface area contributed by atoms with Crippen LogP contribution in [0.15, 0.2) is 66.7 Å². The molecule has 0 N–H and O–H groups in total. The number of likely N-dealkylation sites (tertiary alicyclic amines) is 1. The maximum Gasteiger partial charge on any atom is 0.442 e. The summed E-state index contributed by atoms with van der Waals surface area (Å²) in [5.74, 6) is 0.352. The highest BCUT2D eigenvalue weighted by atomic mass is 32.2. The molecule has 2 atom stereocenters. The van der Waals surface area contributed by atoms with E-state index in [0.717, 1.165) is 22.3 Å². The molecule has 3 aromatic carbocycles. The van der Waals surface area contributed by atoms with Gasteiger partial charge in [0.15, 0.2) is 0 Å². The Morgan fingerprint density at radius 1 is 1.05 bits per heavy atom. The second-order valence-corrected chi connectivity index (χ2v) is 10.9. The third-order valence-electron chi connectivity index (χ3n) is 7.71. The molecule has 0 bridgehead atoms. The van der Waals surface area contributed by atoms with Crippen LogP contribution in [0.5, 0.6) is 5.75 Å². The van der Waals surface area contributed by atoms with Crippen molar-refractivity contribution in [2.45, 2.75) is 28.8 Å². The van der Waals surface area contributed by atoms with E-state index >= 15 is 0 Å². The summed E-state index contributed by atoms with van der Waals surface area (Å²) in [5.41, 5.74) is 1.08. The van der Waals surface area contributed by atoms with Gasteiger partial charge in [-0.25, -0.2) is 4.79 Å². The molecular weight excluding hydrogens is 501 g/mol. The van der Waals surface area contributed by atoms with Gasteiger partial charge in [-0.3, -0.25) is 4.90 Å². The predicted molar refractivity (Wildman–Crippen MR) is 137 cm³/mol. The molecule has 3 aromatic rings. The Bertz CT molecular complexity index is 1340. The number of hydrogen-bond donors (Lipinski definition) is 0. The lowest BCUT2D eigenvalue weighted by Crippen LogP contribution is -2.50. The topological polar surface area (TPSA) is 42.0 Å². The van der Waals surface area contributed by atoms with Crippen molar-refractivity contribution < 1.29 is 27.4 Å². The van der Waals surface area contributed by atoms with Gasteiger partial charge < -0.3 is 14.4 Å². The first kappa shape index (κ1) is 24.0. The molecule has 5 nitrogen and oxygen atoms in total. The van der Waals surface area contributed by atoms with Gasteiger partial charge in [-0.1, -0.05) is 48.5 Å². The number of nitrogens with zero attached hydrogens (tertiary/aromatic N) is 2. The summed E-state index contributed by atoms with van der Waals surface area (Å²) in [5, 5.41) is 0. The van der Waals surface area contributed by atoms with Gasteiger partial charge >= 0.3 is 11.6 Å². The summed E-state index contributed by atoms with van der Waals surface area (Å²) in [6, 6.07) is 21.2. The molecule has 3 aliphatic rings. The molecule has 9 heteroatoms. The Kier molecular flexibility index (Phi) is 5.60. The molecule has 37 heavy (non-hydrogen) atoms. The second-order valence-electron chi connectivity index (χ2n) is 9.55. The minimum atomic E-state index is -4.49. The highest BCUT2D eigenvalue weighted by Gasteiger charge is 2.62. The Morgan fingerprint density at radius 2 is 1.70 bits per heavy atom. The van der Waals surface area contributed by atoms with Crippen LogP contribution >= 0.6 is 11.8 Å². The molecular formula is C28H25F3N2O3S. The van der Waals surface area contributed by atoms with Crippen LogP contribution in [0.4, 0.5) is 23.7 Å². The number of ether oxygens (including phenoxy) is 2. The summed E-state index contributed by atoms with van der Waals surface area (Å²) < 4.78 is 51.4. The maximum atomic E-state index is 13.9. The van der Waals surface area contributed by atoms with E-state index in [9.17, 15) is 18.0 Å². The van der Waals surface area contributed by atoms with Crippen LogP contribution in [0, 0.1) is 0 Å². The molecule has 1 aliphatic carbocycles. The lowest BCUT2D eigenvalue weighted by atomic mass is 9.97. The number of hydrogen-bond acceptors (Lipinski definition) is 5. The van der Waals surface area contributed by atoms with Crippen molar-refractivity contribution in [3.8, 4) is 16.9 Å². The van der Waals surface area contributed by atoms with E-state index in [1.54, 1.807) is 30.1 Å². The Hall–Kier alpha value is -3.33. The van der Waals surface area contributed by atoms with Gasteiger partial charge in [-0.2, -0.15) is 13.2 Å². The first-order valence-electron chi connectivity index (χ1n) is 12.0. The quantitative estimate of drug-likeness (QED) is 0.385. The number of fused-ring (bicyclic) bond motifs is 6. The van der Waals surface area contributed by atoms with Gasteiger partial charge in [0.1, 0.15) is 18.5 Å². The molecule has 0 spiro atoms. The summed E-state index contributed by atoms with van der Waals surface area (Å²) in [7, 11) is 3.21. The van der Waals surface area contributed by atoms with Crippen molar-refractivity contribution in [2.24, 2.45) is 0 Å². The van der Waals surface area contributed by atoms with E-state index in [1.165, 1.54) is 12.0 Å². The zero-order chi connectivity index (χ0) is 25.9. The number of amides is 1. The van der Waals surface area contributed by atoms with Crippen molar-refractivity contribution in [3.05, 3.63) is 83.4 Å². The molecule has 0 unspecified atom stereocenters. The summed E-state index contributed by atoms with van der Waals surface area (Å²) >= 11 is -0.0527. The molecule has 2 aliphatic heterocycles. The molecule has 0 radical (unpaired) electrons. The molecule has 1 saturated heterocycles. The van der Waals surface area contributed by atoms with E-state index in [1.807, 2.05) is 36.4 Å². The SMILES string of the molecule is COc1ccc2c(c1)[C@]1(SC(F)(F)F)CCN(C(=O)OCC3c4ccccc4-c4ccccc43)[C@@H]1N2C. The zero-order valence-corrected chi connectivity index (χ0v) is 21.1. The summed E-state index contributed by atoms with van der Waals surface area (Å²) in [4.78, 5) is 16.7. The Balaban J connectivity index is 1.29. The first-order valence-corrected chi connectivity index (χ1v) is 12.8. The monoisotopic (exact) mass is 526 g/mol. The van der Waals surface area contributed by atoms with Gasteiger partial charge in [0.25, 0.3) is 0 Å². The zero-order valence-electron chi connectivity index (χ0n) is 20.3. The number of rotatable bonds is 4. The first-order chi connectivity index (χ1) is 17.7. The number of thioether (sulfide) groups is 1. The molecule has 1 amide bonds. The summed E-state index contributed by atoms with van der Waals surface area (Å²) in [6.45, 7) is 0.269. The third kappa shape index (κ3) is 3.74. The van der Waals surface area contributed by atoms with Crippen LogP contribution in [0.3, 0.4) is 0 Å². The fourth-order valence-corrected chi connectivity index (χ4v) is 7.51. The van der Waals surface area contributed by atoms with Crippen molar-refractivity contribution in [1.82, 2.24) is 4.90 Å². The van der Waals surface area contributed by atoms with Crippen molar-refractivity contribution in [3.63, 3.8) is 0 Å². The largest absolute Gasteiger partial charge is 0.497 e. The third-order valence-corrected chi connectivity index (χ3v) is 8.94. The maximum absolute atomic E-state index is 13.9. The van der Waals surface area contributed by atoms with Crippen molar-refractivity contribution in [1.29, 1.82) is 0 Å². The number of carbonyl (C=O) groups is 1. The number of methoxy groups -OCH3 is 1. The van der Waals surface area contributed by atoms with Crippen LogP contribution in [0.2, 0.25) is 0 Å².